The molecule has 0 radical (unpaired) electrons. The van der Waals surface area contributed by atoms with Crippen LogP contribution in [0.25, 0.3) is 5.57 Å². The molecule has 1 aromatic rings. The van der Waals surface area contributed by atoms with Gasteiger partial charge in [0, 0.05) is 5.41 Å². The number of rotatable bonds is 2. The van der Waals surface area contributed by atoms with E-state index < -0.39 is 11.7 Å². The van der Waals surface area contributed by atoms with E-state index in [9.17, 15) is 18.0 Å². The highest BCUT2D eigenvalue weighted by atomic mass is 19.4. The number of carbonyl (C=O) groups excluding carboxylic acids is 1. The second-order valence-electron chi connectivity index (χ2n) is 4.63. The van der Waals surface area contributed by atoms with Crippen molar-refractivity contribution < 1.29 is 22.4 Å². The molecule has 5 heteroatoms. The fourth-order valence-corrected chi connectivity index (χ4v) is 1.27. The molecule has 94 valence electrons. The Labute approximate surface area is 97.1 Å². The van der Waals surface area contributed by atoms with Crippen molar-refractivity contribution >= 4 is 11.9 Å². The minimum atomic E-state index is -4.60. The average Bonchev–Trinajstić information content (AvgIpc) is 2.59. The summed E-state index contributed by atoms with van der Waals surface area (Å²) in [4.78, 5) is 10.2. The molecule has 17 heavy (non-hydrogen) atoms. The van der Waals surface area contributed by atoms with Crippen molar-refractivity contribution in [2.75, 3.05) is 0 Å². The Hall–Kier alpha value is -1.52. The largest absolute Gasteiger partial charge is 0.461 e. The Morgan fingerprint density at radius 1 is 1.24 bits per heavy atom. The molecule has 0 bridgehead atoms. The van der Waals surface area contributed by atoms with E-state index in [2.05, 4.69) is 0 Å². The molecule has 0 saturated carbocycles. The number of alkyl halides is 3. The molecule has 0 fully saturated rings. The van der Waals surface area contributed by atoms with Gasteiger partial charge in [-0.15, -0.1) is 0 Å². The zero-order chi connectivity index (χ0) is 13.3. The molecule has 0 aliphatic carbocycles. The van der Waals surface area contributed by atoms with Gasteiger partial charge in [0.05, 0.1) is 0 Å². The quantitative estimate of drug-likeness (QED) is 0.588. The van der Waals surface area contributed by atoms with Crippen LogP contribution in [0, 0.1) is 0 Å². The maximum absolute atomic E-state index is 12.6. The molecule has 0 N–H and O–H groups in total. The first-order valence-corrected chi connectivity index (χ1v) is 4.99. The fraction of sp³-hybridized carbons (Fsp3) is 0.417. The Bertz CT molecular complexity index is 433. The monoisotopic (exact) mass is 246 g/mol. The number of hydrogen-bond acceptors (Lipinski definition) is 2. The van der Waals surface area contributed by atoms with Crippen molar-refractivity contribution in [2.45, 2.75) is 32.4 Å². The first kappa shape index (κ1) is 13.5. The number of halogens is 3. The third-order valence-electron chi connectivity index (χ3n) is 2.15. The predicted molar refractivity (Wildman–Crippen MR) is 57.5 cm³/mol. The third-order valence-corrected chi connectivity index (χ3v) is 2.15. The number of aldehydes is 1. The Kier molecular flexibility index (Phi) is 3.50. The summed E-state index contributed by atoms with van der Waals surface area (Å²) in [5, 5.41) is 0. The van der Waals surface area contributed by atoms with E-state index in [1.54, 1.807) is 0 Å². The SMILES string of the molecule is CC(C)(C)c1ccc(/C(=C\C=O)C(F)(F)F)o1. The molecule has 0 atom stereocenters. The minimum absolute atomic E-state index is 0.0993. The number of furan rings is 1. The van der Waals surface area contributed by atoms with E-state index in [0.717, 1.165) is 0 Å². The smallest absolute Gasteiger partial charge is 0.420 e. The summed E-state index contributed by atoms with van der Waals surface area (Å²) in [6.45, 7) is 5.48. The molecule has 1 rings (SSSR count). The molecule has 0 aromatic carbocycles. The van der Waals surface area contributed by atoms with Gasteiger partial charge in [-0.2, -0.15) is 13.2 Å². The van der Waals surface area contributed by atoms with Crippen LogP contribution in [0.4, 0.5) is 13.2 Å². The normalized spacial score (nSPS) is 13.9. The van der Waals surface area contributed by atoms with Gasteiger partial charge in [0.2, 0.25) is 0 Å². The van der Waals surface area contributed by atoms with Gasteiger partial charge in [-0.05, 0) is 18.2 Å². The third kappa shape index (κ3) is 3.22. The highest BCUT2D eigenvalue weighted by Crippen LogP contribution is 2.36. The maximum Gasteiger partial charge on any atom is 0.420 e. The lowest BCUT2D eigenvalue weighted by Crippen LogP contribution is -2.11. The number of allylic oxidation sites excluding steroid dienone is 2. The standard InChI is InChI=1S/C12H13F3O2/c1-11(2,3)10-5-4-9(17-10)8(6-7-16)12(13,14)15/h4-7H,1-3H3/b8-6+. The second-order valence-corrected chi connectivity index (χ2v) is 4.63. The van der Waals surface area contributed by atoms with Crippen molar-refractivity contribution in [1.29, 1.82) is 0 Å². The van der Waals surface area contributed by atoms with Gasteiger partial charge in [0.1, 0.15) is 23.4 Å². The molecular weight excluding hydrogens is 233 g/mol. The fourth-order valence-electron chi connectivity index (χ4n) is 1.27. The molecule has 0 amide bonds. The first-order chi connectivity index (χ1) is 7.66. The van der Waals surface area contributed by atoms with Crippen LogP contribution in [0.15, 0.2) is 22.6 Å². The molecule has 1 aromatic heterocycles. The van der Waals surface area contributed by atoms with Crippen LogP contribution in [-0.2, 0) is 10.2 Å². The highest BCUT2D eigenvalue weighted by Gasteiger charge is 2.37. The number of hydrogen-bond donors (Lipinski definition) is 0. The second kappa shape index (κ2) is 4.39. The summed E-state index contributed by atoms with van der Waals surface area (Å²) < 4.78 is 43.0. The minimum Gasteiger partial charge on any atom is -0.461 e. The van der Waals surface area contributed by atoms with Gasteiger partial charge in [-0.25, -0.2) is 0 Å². The van der Waals surface area contributed by atoms with E-state index >= 15 is 0 Å². The first-order valence-electron chi connectivity index (χ1n) is 4.99. The lowest BCUT2D eigenvalue weighted by molar-refractivity contribution is -0.104. The molecular formula is C12H13F3O2. The summed E-state index contributed by atoms with van der Waals surface area (Å²) in [7, 11) is 0. The van der Waals surface area contributed by atoms with Gasteiger partial charge in [-0.1, -0.05) is 20.8 Å². The van der Waals surface area contributed by atoms with Crippen LogP contribution in [0.2, 0.25) is 0 Å². The van der Waals surface area contributed by atoms with Crippen molar-refractivity contribution in [3.8, 4) is 0 Å². The van der Waals surface area contributed by atoms with Crippen LogP contribution in [0.1, 0.15) is 32.3 Å². The van der Waals surface area contributed by atoms with Gasteiger partial charge in [0.25, 0.3) is 0 Å². The summed E-state index contributed by atoms with van der Waals surface area (Å²) in [5.74, 6) is 0.100. The van der Waals surface area contributed by atoms with Crippen molar-refractivity contribution in [2.24, 2.45) is 0 Å². The predicted octanol–water partition coefficient (Wildman–Crippen LogP) is 3.72. The van der Waals surface area contributed by atoms with Crippen molar-refractivity contribution in [3.05, 3.63) is 29.7 Å². The van der Waals surface area contributed by atoms with Gasteiger partial charge < -0.3 is 4.42 Å². The molecule has 0 aliphatic heterocycles. The van der Waals surface area contributed by atoms with E-state index in [1.165, 1.54) is 12.1 Å². The highest BCUT2D eigenvalue weighted by molar-refractivity contribution is 5.82. The van der Waals surface area contributed by atoms with Gasteiger partial charge in [0.15, 0.2) is 0 Å². The zero-order valence-electron chi connectivity index (χ0n) is 9.76. The lowest BCUT2D eigenvalue weighted by Gasteiger charge is -2.14. The lowest BCUT2D eigenvalue weighted by atomic mass is 9.94. The van der Waals surface area contributed by atoms with Crippen molar-refractivity contribution in [3.63, 3.8) is 0 Å². The number of carbonyl (C=O) groups is 1. The molecule has 0 aliphatic rings. The van der Waals surface area contributed by atoms with E-state index in [-0.39, 0.29) is 17.5 Å². The molecule has 2 nitrogen and oxygen atoms in total. The average molecular weight is 246 g/mol. The van der Waals surface area contributed by atoms with Crippen LogP contribution >= 0.6 is 0 Å². The molecule has 1 heterocycles. The summed E-state index contributed by atoms with van der Waals surface area (Å²) in [6.07, 6.45) is -4.04. The van der Waals surface area contributed by atoms with Gasteiger partial charge in [-0.3, -0.25) is 4.79 Å². The van der Waals surface area contributed by atoms with E-state index in [0.29, 0.717) is 11.8 Å². The summed E-state index contributed by atoms with van der Waals surface area (Å²) in [5.41, 5.74) is -1.45. The van der Waals surface area contributed by atoms with Crippen LogP contribution in [0.3, 0.4) is 0 Å². The summed E-state index contributed by atoms with van der Waals surface area (Å²) >= 11 is 0. The summed E-state index contributed by atoms with van der Waals surface area (Å²) in [6, 6.07) is 2.71. The van der Waals surface area contributed by atoms with Crippen LogP contribution in [0.5, 0.6) is 0 Å². The topological polar surface area (TPSA) is 30.2 Å². The maximum atomic E-state index is 12.6. The molecule has 0 spiro atoms. The van der Waals surface area contributed by atoms with Crippen LogP contribution in [-0.4, -0.2) is 12.5 Å². The van der Waals surface area contributed by atoms with Crippen LogP contribution < -0.4 is 0 Å². The van der Waals surface area contributed by atoms with Crippen molar-refractivity contribution in [1.82, 2.24) is 0 Å². The van der Waals surface area contributed by atoms with Gasteiger partial charge >= 0.3 is 6.18 Å². The Balaban J connectivity index is 3.19. The molecule has 0 saturated heterocycles. The van der Waals surface area contributed by atoms with E-state index in [1.807, 2.05) is 20.8 Å². The zero-order valence-corrected chi connectivity index (χ0v) is 9.76. The molecule has 0 unspecified atom stereocenters. The Morgan fingerprint density at radius 3 is 2.18 bits per heavy atom. The van der Waals surface area contributed by atoms with E-state index in [4.69, 9.17) is 4.42 Å². The Morgan fingerprint density at radius 2 is 1.82 bits per heavy atom.